The lowest BCUT2D eigenvalue weighted by molar-refractivity contribution is -0.151. The van der Waals surface area contributed by atoms with Gasteiger partial charge in [-0.05, 0) is 40.0 Å². The molecule has 0 aromatic rings. The minimum atomic E-state index is -1.08. The van der Waals surface area contributed by atoms with Crippen molar-refractivity contribution in [3.05, 3.63) is 0 Å². The van der Waals surface area contributed by atoms with E-state index >= 15 is 0 Å². The Morgan fingerprint density at radius 3 is 2.42 bits per heavy atom. The van der Waals surface area contributed by atoms with Crippen LogP contribution in [0.15, 0.2) is 0 Å². The number of carbonyl (C=O) groups excluding carboxylic acids is 4. The summed E-state index contributed by atoms with van der Waals surface area (Å²) in [6, 6.07) is -0.987. The van der Waals surface area contributed by atoms with E-state index < -0.39 is 29.4 Å². The van der Waals surface area contributed by atoms with Gasteiger partial charge >= 0.3 is 11.9 Å². The van der Waals surface area contributed by atoms with Gasteiger partial charge in [0.1, 0.15) is 11.6 Å². The van der Waals surface area contributed by atoms with E-state index in [1.165, 1.54) is 4.90 Å². The van der Waals surface area contributed by atoms with E-state index in [-0.39, 0.29) is 38.5 Å². The monoisotopic (exact) mass is 371 g/mol. The molecule has 1 fully saturated rings. The number of nitrogens with zero attached hydrogens (tertiary/aromatic N) is 1. The third-order valence-electron chi connectivity index (χ3n) is 4.42. The molecule has 0 bridgehead atoms. The molecule has 26 heavy (non-hydrogen) atoms. The van der Waals surface area contributed by atoms with Crippen LogP contribution in [-0.2, 0) is 28.7 Å². The first-order valence-electron chi connectivity index (χ1n) is 8.93. The summed E-state index contributed by atoms with van der Waals surface area (Å²) in [6.45, 7) is 5.63. The van der Waals surface area contributed by atoms with Crippen LogP contribution in [0.5, 0.6) is 0 Å². The van der Waals surface area contributed by atoms with E-state index in [2.05, 4.69) is 5.32 Å². The van der Waals surface area contributed by atoms with Crippen molar-refractivity contribution < 1.29 is 28.7 Å². The highest BCUT2D eigenvalue weighted by atomic mass is 16.5. The molecule has 2 amide bonds. The van der Waals surface area contributed by atoms with Crippen LogP contribution in [0.2, 0.25) is 0 Å². The van der Waals surface area contributed by atoms with Crippen molar-refractivity contribution in [2.45, 2.75) is 58.0 Å². The van der Waals surface area contributed by atoms with Crippen LogP contribution in [0.4, 0.5) is 0 Å². The number of hydrogen-bond donors (Lipinski definition) is 2. The molecule has 9 nitrogen and oxygen atoms in total. The Balaban J connectivity index is 2.84. The predicted molar refractivity (Wildman–Crippen MR) is 92.8 cm³/mol. The largest absolute Gasteiger partial charge is 0.466 e. The molecule has 1 heterocycles. The number of esters is 2. The zero-order valence-corrected chi connectivity index (χ0v) is 15.7. The van der Waals surface area contributed by atoms with Crippen LogP contribution in [0.3, 0.4) is 0 Å². The minimum Gasteiger partial charge on any atom is -0.466 e. The number of ether oxygens (including phenoxy) is 2. The van der Waals surface area contributed by atoms with Gasteiger partial charge < -0.3 is 25.4 Å². The maximum absolute atomic E-state index is 12.8. The Bertz CT molecular complexity index is 539. The molecular formula is C17H29N3O6. The molecule has 0 radical (unpaired) electrons. The molecule has 1 aliphatic rings. The minimum absolute atomic E-state index is 0.0280. The number of amides is 2. The Morgan fingerprint density at radius 2 is 1.85 bits per heavy atom. The van der Waals surface area contributed by atoms with Gasteiger partial charge in [-0.2, -0.15) is 0 Å². The molecule has 0 aromatic carbocycles. The molecule has 2 atom stereocenters. The van der Waals surface area contributed by atoms with Gasteiger partial charge in [0.15, 0.2) is 0 Å². The maximum Gasteiger partial charge on any atom is 0.328 e. The zero-order chi connectivity index (χ0) is 19.7. The van der Waals surface area contributed by atoms with Gasteiger partial charge in [-0.15, -0.1) is 0 Å². The van der Waals surface area contributed by atoms with Crippen molar-refractivity contribution >= 4 is 23.8 Å². The Labute approximate surface area is 153 Å². The van der Waals surface area contributed by atoms with Crippen molar-refractivity contribution in [2.24, 2.45) is 5.73 Å². The second-order valence-corrected chi connectivity index (χ2v) is 6.25. The van der Waals surface area contributed by atoms with Crippen LogP contribution in [0.1, 0.15) is 46.5 Å². The van der Waals surface area contributed by atoms with E-state index in [1.807, 2.05) is 0 Å². The van der Waals surface area contributed by atoms with Crippen molar-refractivity contribution in [3.8, 4) is 0 Å². The third kappa shape index (κ3) is 5.42. The lowest BCUT2D eigenvalue weighted by Gasteiger charge is -2.34. The van der Waals surface area contributed by atoms with Gasteiger partial charge in [-0.3, -0.25) is 14.4 Å². The quantitative estimate of drug-likeness (QED) is 0.533. The molecule has 3 N–H and O–H groups in total. The number of nitrogens with two attached hydrogens (primary N) is 1. The van der Waals surface area contributed by atoms with Gasteiger partial charge in [-0.25, -0.2) is 4.79 Å². The molecule has 0 aromatic heterocycles. The number of nitrogens with one attached hydrogen (secondary N) is 1. The first-order chi connectivity index (χ1) is 12.3. The van der Waals surface area contributed by atoms with Crippen LogP contribution >= 0.6 is 0 Å². The summed E-state index contributed by atoms with van der Waals surface area (Å²) < 4.78 is 9.83. The first-order valence-corrected chi connectivity index (χ1v) is 8.93. The highest BCUT2D eigenvalue weighted by Crippen LogP contribution is 2.29. The van der Waals surface area contributed by atoms with E-state index in [9.17, 15) is 19.2 Å². The van der Waals surface area contributed by atoms with Crippen LogP contribution in [-0.4, -0.2) is 66.5 Å². The van der Waals surface area contributed by atoms with Crippen molar-refractivity contribution in [1.29, 1.82) is 0 Å². The van der Waals surface area contributed by atoms with Crippen molar-refractivity contribution in [3.63, 3.8) is 0 Å². The predicted octanol–water partition coefficient (Wildman–Crippen LogP) is -0.283. The van der Waals surface area contributed by atoms with Crippen molar-refractivity contribution in [1.82, 2.24) is 10.2 Å². The normalized spacial score (nSPS) is 20.4. The molecule has 0 saturated carbocycles. The number of likely N-dealkylation sites (tertiary alicyclic amines) is 1. The van der Waals surface area contributed by atoms with Gasteiger partial charge in [0, 0.05) is 13.0 Å². The topological polar surface area (TPSA) is 128 Å². The lowest BCUT2D eigenvalue weighted by Crippen LogP contribution is -2.59. The summed E-state index contributed by atoms with van der Waals surface area (Å²) >= 11 is 0. The third-order valence-corrected chi connectivity index (χ3v) is 4.42. The van der Waals surface area contributed by atoms with E-state index in [0.29, 0.717) is 19.4 Å². The Hall–Kier alpha value is -2.16. The average molecular weight is 371 g/mol. The SMILES string of the molecule is CCOC(=O)CC[C@H](NC(=O)[C@]1(C)CCCN1C(=O)CN)C(=O)OCC. The molecular weight excluding hydrogens is 342 g/mol. The summed E-state index contributed by atoms with van der Waals surface area (Å²) in [4.78, 5) is 50.0. The molecule has 0 unspecified atom stereocenters. The summed E-state index contributed by atoms with van der Waals surface area (Å²) in [5.74, 6) is -1.86. The van der Waals surface area contributed by atoms with Gasteiger partial charge in [0.2, 0.25) is 11.8 Å². The highest BCUT2D eigenvalue weighted by Gasteiger charge is 2.46. The average Bonchev–Trinajstić information content (AvgIpc) is 3.01. The summed E-state index contributed by atoms with van der Waals surface area (Å²) in [6.07, 6.45) is 1.17. The Kier molecular flexibility index (Phi) is 8.50. The summed E-state index contributed by atoms with van der Waals surface area (Å²) in [7, 11) is 0. The smallest absolute Gasteiger partial charge is 0.328 e. The summed E-state index contributed by atoms with van der Waals surface area (Å²) in [5.41, 5.74) is 4.34. The highest BCUT2D eigenvalue weighted by molar-refractivity contribution is 5.94. The summed E-state index contributed by atoms with van der Waals surface area (Å²) in [5, 5.41) is 2.63. The first kappa shape index (κ1) is 21.9. The molecule has 1 rings (SSSR count). The van der Waals surface area contributed by atoms with Gasteiger partial charge in [-0.1, -0.05) is 0 Å². The van der Waals surface area contributed by atoms with E-state index in [4.69, 9.17) is 15.2 Å². The van der Waals surface area contributed by atoms with Crippen LogP contribution in [0, 0.1) is 0 Å². The zero-order valence-electron chi connectivity index (χ0n) is 15.7. The fourth-order valence-corrected chi connectivity index (χ4v) is 3.01. The second-order valence-electron chi connectivity index (χ2n) is 6.25. The van der Waals surface area contributed by atoms with Gasteiger partial charge in [0.25, 0.3) is 0 Å². The fourth-order valence-electron chi connectivity index (χ4n) is 3.01. The molecule has 9 heteroatoms. The fraction of sp³-hybridized carbons (Fsp3) is 0.765. The number of carbonyl (C=O) groups is 4. The van der Waals surface area contributed by atoms with E-state index in [0.717, 1.165) is 0 Å². The Morgan fingerprint density at radius 1 is 1.19 bits per heavy atom. The van der Waals surface area contributed by atoms with Gasteiger partial charge in [0.05, 0.1) is 19.8 Å². The maximum atomic E-state index is 12.8. The molecule has 1 aliphatic heterocycles. The van der Waals surface area contributed by atoms with Crippen LogP contribution < -0.4 is 11.1 Å². The lowest BCUT2D eigenvalue weighted by atomic mass is 9.96. The van der Waals surface area contributed by atoms with Crippen molar-refractivity contribution in [2.75, 3.05) is 26.3 Å². The van der Waals surface area contributed by atoms with Crippen LogP contribution in [0.25, 0.3) is 0 Å². The molecule has 1 saturated heterocycles. The second kappa shape index (κ2) is 10.1. The van der Waals surface area contributed by atoms with E-state index in [1.54, 1.807) is 20.8 Å². The number of rotatable bonds is 9. The standard InChI is InChI=1S/C17H29N3O6/c1-4-25-14(22)8-7-12(15(23)26-5-2)19-16(24)17(3)9-6-10-20(17)13(21)11-18/h12H,4-11,18H2,1-3H3,(H,19,24)/t12-,17-/m0/s1. The molecule has 0 aliphatic carbocycles. The molecule has 0 spiro atoms. The molecule has 148 valence electrons. The number of hydrogen-bond acceptors (Lipinski definition) is 7.